The summed E-state index contributed by atoms with van der Waals surface area (Å²) in [5.41, 5.74) is 0.550. The van der Waals surface area contributed by atoms with Gasteiger partial charge in [-0.1, -0.05) is 12.1 Å². The minimum Gasteiger partial charge on any atom is -0.490 e. The molecule has 1 saturated heterocycles. The lowest BCUT2D eigenvalue weighted by molar-refractivity contribution is -0.151. The number of likely N-dealkylation sites (N-methyl/N-ethyl adjacent to an activating group) is 1. The lowest BCUT2D eigenvalue weighted by Gasteiger charge is -2.42. The molecule has 3 atom stereocenters. The molecule has 8 nitrogen and oxygen atoms in total. The summed E-state index contributed by atoms with van der Waals surface area (Å²) in [5.74, 6) is -1.51. The van der Waals surface area contributed by atoms with E-state index >= 15 is 0 Å². The van der Waals surface area contributed by atoms with E-state index in [-0.39, 0.29) is 42.6 Å². The molecule has 2 aliphatic heterocycles. The van der Waals surface area contributed by atoms with E-state index in [1.54, 1.807) is 30.1 Å². The van der Waals surface area contributed by atoms with Crippen LogP contribution in [0.3, 0.4) is 0 Å². The number of benzene rings is 2. The Morgan fingerprint density at radius 2 is 2.00 bits per heavy atom. The van der Waals surface area contributed by atoms with E-state index in [1.807, 2.05) is 0 Å². The van der Waals surface area contributed by atoms with Crippen LogP contribution in [-0.2, 0) is 14.3 Å². The molecule has 2 aromatic carbocycles. The number of methoxy groups -OCH3 is 1. The summed E-state index contributed by atoms with van der Waals surface area (Å²) in [4.78, 5) is 38.9. The second-order valence-corrected chi connectivity index (χ2v) is 8.09. The van der Waals surface area contributed by atoms with Gasteiger partial charge < -0.3 is 24.4 Å². The first-order valence-corrected chi connectivity index (χ1v) is 10.7. The number of anilines is 1. The van der Waals surface area contributed by atoms with Crippen molar-refractivity contribution in [2.45, 2.75) is 37.5 Å². The fraction of sp³-hybridized carbons (Fsp3) is 0.375. The maximum Gasteiger partial charge on any atom is 0.308 e. The van der Waals surface area contributed by atoms with E-state index < -0.39 is 17.8 Å². The molecule has 33 heavy (non-hydrogen) atoms. The molecule has 2 aromatic rings. The van der Waals surface area contributed by atoms with Crippen molar-refractivity contribution >= 4 is 23.5 Å². The van der Waals surface area contributed by atoms with Crippen LogP contribution in [0.4, 0.5) is 10.1 Å². The van der Waals surface area contributed by atoms with E-state index in [1.165, 1.54) is 31.4 Å². The maximum atomic E-state index is 13.9. The van der Waals surface area contributed by atoms with Gasteiger partial charge in [0.25, 0.3) is 11.8 Å². The third-order valence-electron chi connectivity index (χ3n) is 6.01. The molecular weight excluding hydrogens is 431 g/mol. The number of fused-ring (bicyclic) bond motifs is 2. The van der Waals surface area contributed by atoms with Crippen LogP contribution in [0, 0.1) is 5.82 Å². The Bertz CT molecular complexity index is 1070. The normalized spacial score (nSPS) is 22.2. The molecule has 2 heterocycles. The van der Waals surface area contributed by atoms with Gasteiger partial charge >= 0.3 is 5.97 Å². The van der Waals surface area contributed by atoms with Gasteiger partial charge in [0.15, 0.2) is 0 Å². The van der Waals surface area contributed by atoms with Crippen LogP contribution in [0.15, 0.2) is 42.5 Å². The van der Waals surface area contributed by atoms with Gasteiger partial charge in [-0.05, 0) is 43.2 Å². The van der Waals surface area contributed by atoms with Crippen molar-refractivity contribution in [3.63, 3.8) is 0 Å². The van der Waals surface area contributed by atoms with Gasteiger partial charge in [0.2, 0.25) is 0 Å². The minimum atomic E-state index is -0.630. The molecule has 1 fully saturated rings. The van der Waals surface area contributed by atoms with Gasteiger partial charge in [-0.2, -0.15) is 0 Å². The number of nitrogens with zero attached hydrogens (tertiary/aromatic N) is 1. The molecule has 0 bridgehead atoms. The van der Waals surface area contributed by atoms with Gasteiger partial charge in [-0.15, -0.1) is 0 Å². The quantitative estimate of drug-likeness (QED) is 0.711. The number of amides is 2. The van der Waals surface area contributed by atoms with Crippen molar-refractivity contribution in [2.24, 2.45) is 0 Å². The maximum absolute atomic E-state index is 13.9. The van der Waals surface area contributed by atoms with E-state index in [2.05, 4.69) is 5.32 Å². The molecule has 0 unspecified atom stereocenters. The van der Waals surface area contributed by atoms with Crippen LogP contribution in [0.25, 0.3) is 0 Å². The van der Waals surface area contributed by atoms with Crippen molar-refractivity contribution in [1.29, 1.82) is 0 Å². The molecule has 0 aliphatic carbocycles. The standard InChI is InChI=1S/C24H25FN2O6/c1-27-19-9-8-15(12-22(28)31-2)33-21(19)13-32-20-10-7-14(11-17(20)24(27)30)26-23(29)16-5-3-4-6-18(16)25/h3-7,10-11,15,19,21H,8-9,12-13H2,1-2H3,(H,26,29)/t15-,19-,21-/m1/s1. The second-order valence-electron chi connectivity index (χ2n) is 8.09. The Kier molecular flexibility index (Phi) is 6.60. The van der Waals surface area contributed by atoms with Crippen molar-refractivity contribution in [1.82, 2.24) is 4.90 Å². The van der Waals surface area contributed by atoms with Crippen molar-refractivity contribution in [2.75, 3.05) is 26.1 Å². The number of halogens is 1. The van der Waals surface area contributed by atoms with Gasteiger partial charge in [0.05, 0.1) is 36.8 Å². The zero-order valence-electron chi connectivity index (χ0n) is 18.4. The first kappa shape index (κ1) is 22.7. The smallest absolute Gasteiger partial charge is 0.308 e. The van der Waals surface area contributed by atoms with Gasteiger partial charge in [-0.3, -0.25) is 14.4 Å². The van der Waals surface area contributed by atoms with Crippen molar-refractivity contribution in [3.8, 4) is 5.75 Å². The highest BCUT2D eigenvalue weighted by Gasteiger charge is 2.39. The predicted octanol–water partition coefficient (Wildman–Crippen LogP) is 3.02. The summed E-state index contributed by atoms with van der Waals surface area (Å²) in [5, 5.41) is 2.63. The van der Waals surface area contributed by atoms with Crippen molar-refractivity contribution < 1.29 is 33.0 Å². The summed E-state index contributed by atoms with van der Waals surface area (Å²) < 4.78 is 30.6. The third-order valence-corrected chi connectivity index (χ3v) is 6.01. The topological polar surface area (TPSA) is 94.2 Å². The van der Waals surface area contributed by atoms with Crippen LogP contribution in [0.5, 0.6) is 5.75 Å². The van der Waals surface area contributed by atoms with E-state index in [9.17, 15) is 18.8 Å². The van der Waals surface area contributed by atoms with E-state index in [0.29, 0.717) is 29.8 Å². The largest absolute Gasteiger partial charge is 0.490 e. The van der Waals surface area contributed by atoms with Crippen LogP contribution >= 0.6 is 0 Å². The molecule has 9 heteroatoms. The number of nitrogens with one attached hydrogen (secondary N) is 1. The van der Waals surface area contributed by atoms with Crippen LogP contribution in [0.1, 0.15) is 40.0 Å². The van der Waals surface area contributed by atoms with Gasteiger partial charge in [-0.25, -0.2) is 4.39 Å². The minimum absolute atomic E-state index is 0.0901. The third kappa shape index (κ3) is 4.83. The van der Waals surface area contributed by atoms with E-state index in [0.717, 1.165) is 0 Å². The number of hydrogen-bond acceptors (Lipinski definition) is 6. The predicted molar refractivity (Wildman–Crippen MR) is 117 cm³/mol. The molecule has 0 aromatic heterocycles. The molecule has 0 radical (unpaired) electrons. The average Bonchev–Trinajstić information content (AvgIpc) is 2.82. The summed E-state index contributed by atoms with van der Waals surface area (Å²) in [6, 6.07) is 10.1. The average molecular weight is 456 g/mol. The lowest BCUT2D eigenvalue weighted by Crippen LogP contribution is -2.53. The first-order valence-electron chi connectivity index (χ1n) is 10.7. The van der Waals surface area contributed by atoms with Crippen molar-refractivity contribution in [3.05, 3.63) is 59.4 Å². The van der Waals surface area contributed by atoms with Gasteiger partial charge in [0.1, 0.15) is 24.3 Å². The molecule has 0 spiro atoms. The Morgan fingerprint density at radius 3 is 2.76 bits per heavy atom. The molecule has 0 saturated carbocycles. The fourth-order valence-corrected chi connectivity index (χ4v) is 4.22. The van der Waals surface area contributed by atoms with Crippen LogP contribution in [-0.4, -0.2) is 61.7 Å². The Hall–Kier alpha value is -3.46. The number of hydrogen-bond donors (Lipinski definition) is 1. The highest BCUT2D eigenvalue weighted by molar-refractivity contribution is 6.05. The number of esters is 1. The Labute approximate surface area is 190 Å². The number of carbonyl (C=O) groups excluding carboxylic acids is 3. The second kappa shape index (κ2) is 9.58. The monoisotopic (exact) mass is 456 g/mol. The summed E-state index contributed by atoms with van der Waals surface area (Å²) >= 11 is 0. The molecule has 174 valence electrons. The van der Waals surface area contributed by atoms with Crippen LogP contribution < -0.4 is 10.1 Å². The highest BCUT2D eigenvalue weighted by Crippen LogP contribution is 2.32. The zero-order chi connectivity index (χ0) is 23.5. The SMILES string of the molecule is COC(=O)C[C@H]1CC[C@@H]2[C@@H](COc3ccc(NC(=O)c4ccccc4F)cc3C(=O)N2C)O1. The Morgan fingerprint density at radius 1 is 1.21 bits per heavy atom. The molecule has 4 rings (SSSR count). The number of rotatable bonds is 4. The fourth-order valence-electron chi connectivity index (χ4n) is 4.22. The Balaban J connectivity index is 1.52. The van der Waals surface area contributed by atoms with Crippen LogP contribution in [0.2, 0.25) is 0 Å². The zero-order valence-corrected chi connectivity index (χ0v) is 18.4. The molecule has 2 aliphatic rings. The number of carbonyl (C=O) groups is 3. The molecular formula is C24H25FN2O6. The van der Waals surface area contributed by atoms with Gasteiger partial charge in [0, 0.05) is 12.7 Å². The summed E-state index contributed by atoms with van der Waals surface area (Å²) in [6.07, 6.45) is 0.728. The summed E-state index contributed by atoms with van der Waals surface area (Å²) in [7, 11) is 3.03. The highest BCUT2D eigenvalue weighted by atomic mass is 19.1. The molecule has 1 N–H and O–H groups in total. The van der Waals surface area contributed by atoms with E-state index in [4.69, 9.17) is 14.2 Å². The molecule has 2 amide bonds. The first-order chi connectivity index (χ1) is 15.9. The lowest BCUT2D eigenvalue weighted by atomic mass is 9.94. The summed E-state index contributed by atoms with van der Waals surface area (Å²) in [6.45, 7) is 0.202. The number of ether oxygens (including phenoxy) is 3.